The molecular formula is C25H32N2O2. The summed E-state index contributed by atoms with van der Waals surface area (Å²) in [6, 6.07) is 17.1. The Morgan fingerprint density at radius 1 is 1.17 bits per heavy atom. The van der Waals surface area contributed by atoms with Crippen molar-refractivity contribution in [2.45, 2.75) is 51.4 Å². The van der Waals surface area contributed by atoms with Crippen LogP contribution in [0.25, 0.3) is 0 Å². The van der Waals surface area contributed by atoms with Crippen LogP contribution >= 0.6 is 0 Å². The fourth-order valence-electron chi connectivity index (χ4n) is 3.59. The number of methoxy groups -OCH3 is 1. The molecule has 1 aliphatic rings. The standard InChI is InChI=1S/C25H32N2O2/c1-25(2,28)14-13-20-9-11-21(12-10-20)17-26-23-7-5-15-27(19-23)18-22-6-4-8-24(16-22)29-3/h4,6,8-12,16,23,26,28H,5,7,15,17-19H2,1-3H3/t23-/m1/s1. The molecule has 2 aromatic carbocycles. The highest BCUT2D eigenvalue weighted by Gasteiger charge is 2.19. The van der Waals surface area contributed by atoms with Crippen molar-refractivity contribution >= 4 is 0 Å². The number of rotatable bonds is 6. The van der Waals surface area contributed by atoms with Crippen molar-refractivity contribution in [1.29, 1.82) is 0 Å². The summed E-state index contributed by atoms with van der Waals surface area (Å²) in [5.41, 5.74) is 2.52. The Labute approximate surface area is 174 Å². The van der Waals surface area contributed by atoms with Gasteiger partial charge in [0.15, 0.2) is 0 Å². The first kappa shape index (κ1) is 21.4. The average molecular weight is 393 g/mol. The van der Waals surface area contributed by atoms with Crippen LogP contribution in [0.1, 0.15) is 43.4 Å². The van der Waals surface area contributed by atoms with Crippen molar-refractivity contribution in [2.75, 3.05) is 20.2 Å². The highest BCUT2D eigenvalue weighted by Crippen LogP contribution is 2.18. The molecule has 29 heavy (non-hydrogen) atoms. The number of ether oxygens (including phenoxy) is 1. The van der Waals surface area contributed by atoms with Gasteiger partial charge in [0.1, 0.15) is 11.4 Å². The van der Waals surface area contributed by atoms with Crippen molar-refractivity contribution in [2.24, 2.45) is 0 Å². The number of piperidine rings is 1. The van der Waals surface area contributed by atoms with Crippen LogP contribution in [0.2, 0.25) is 0 Å². The molecule has 0 bridgehead atoms. The molecule has 0 spiro atoms. The number of nitrogens with zero attached hydrogens (tertiary/aromatic N) is 1. The van der Waals surface area contributed by atoms with Gasteiger partial charge in [-0.05, 0) is 68.6 Å². The lowest BCUT2D eigenvalue weighted by Gasteiger charge is -2.33. The largest absolute Gasteiger partial charge is 0.497 e. The first-order chi connectivity index (χ1) is 13.9. The van der Waals surface area contributed by atoms with Gasteiger partial charge in [0, 0.05) is 31.2 Å². The second-order valence-corrected chi connectivity index (χ2v) is 8.31. The van der Waals surface area contributed by atoms with E-state index in [9.17, 15) is 5.11 Å². The van der Waals surface area contributed by atoms with E-state index in [0.717, 1.165) is 37.5 Å². The molecule has 2 aromatic rings. The minimum Gasteiger partial charge on any atom is -0.497 e. The van der Waals surface area contributed by atoms with Crippen LogP contribution < -0.4 is 10.1 Å². The van der Waals surface area contributed by atoms with Gasteiger partial charge >= 0.3 is 0 Å². The van der Waals surface area contributed by atoms with Crippen LogP contribution in [0.5, 0.6) is 5.75 Å². The van der Waals surface area contributed by atoms with Gasteiger partial charge in [-0.25, -0.2) is 0 Å². The lowest BCUT2D eigenvalue weighted by atomic mass is 10.0. The molecule has 1 aliphatic heterocycles. The summed E-state index contributed by atoms with van der Waals surface area (Å²) in [7, 11) is 1.71. The number of likely N-dealkylation sites (tertiary alicyclic amines) is 1. The molecular weight excluding hydrogens is 360 g/mol. The summed E-state index contributed by atoms with van der Waals surface area (Å²) < 4.78 is 5.34. The van der Waals surface area contributed by atoms with Gasteiger partial charge in [0.25, 0.3) is 0 Å². The summed E-state index contributed by atoms with van der Waals surface area (Å²) in [5.74, 6) is 6.79. The maximum Gasteiger partial charge on any atom is 0.120 e. The lowest BCUT2D eigenvalue weighted by molar-refractivity contribution is 0.143. The van der Waals surface area contributed by atoms with E-state index in [0.29, 0.717) is 6.04 Å². The third kappa shape index (κ3) is 7.21. The molecule has 1 saturated heterocycles. The zero-order valence-corrected chi connectivity index (χ0v) is 17.7. The van der Waals surface area contributed by atoms with Gasteiger partial charge < -0.3 is 15.2 Å². The highest BCUT2D eigenvalue weighted by atomic mass is 16.5. The third-order valence-electron chi connectivity index (χ3n) is 5.11. The van der Waals surface area contributed by atoms with Crippen LogP contribution in [0, 0.1) is 11.8 Å². The third-order valence-corrected chi connectivity index (χ3v) is 5.11. The maximum atomic E-state index is 9.71. The van der Waals surface area contributed by atoms with Crippen molar-refractivity contribution in [1.82, 2.24) is 10.2 Å². The SMILES string of the molecule is COc1cccc(CN2CCC[C@@H](NCc3ccc(C#CC(C)(C)O)cc3)C2)c1. The molecule has 1 heterocycles. The average Bonchev–Trinajstić information content (AvgIpc) is 2.71. The topological polar surface area (TPSA) is 44.7 Å². The van der Waals surface area contributed by atoms with Gasteiger partial charge in [-0.3, -0.25) is 4.90 Å². The molecule has 0 radical (unpaired) electrons. The minimum atomic E-state index is -0.960. The van der Waals surface area contributed by atoms with Crippen molar-refractivity contribution in [3.05, 3.63) is 65.2 Å². The van der Waals surface area contributed by atoms with Crippen molar-refractivity contribution < 1.29 is 9.84 Å². The number of nitrogens with one attached hydrogen (secondary N) is 1. The number of aliphatic hydroxyl groups is 1. The summed E-state index contributed by atoms with van der Waals surface area (Å²) in [6.45, 7) is 7.41. The molecule has 0 saturated carbocycles. The first-order valence-corrected chi connectivity index (χ1v) is 10.3. The van der Waals surface area contributed by atoms with Crippen LogP contribution in [-0.4, -0.2) is 41.8 Å². The number of hydrogen-bond donors (Lipinski definition) is 2. The van der Waals surface area contributed by atoms with Crippen LogP contribution in [-0.2, 0) is 13.1 Å². The maximum absolute atomic E-state index is 9.71. The Morgan fingerprint density at radius 2 is 1.97 bits per heavy atom. The molecule has 1 atom stereocenters. The summed E-state index contributed by atoms with van der Waals surface area (Å²) in [6.07, 6.45) is 2.43. The first-order valence-electron chi connectivity index (χ1n) is 10.3. The van der Waals surface area contributed by atoms with Gasteiger partial charge in [-0.1, -0.05) is 36.1 Å². The van der Waals surface area contributed by atoms with E-state index < -0.39 is 5.60 Å². The molecule has 2 N–H and O–H groups in total. The van der Waals surface area contributed by atoms with Crippen molar-refractivity contribution in [3.8, 4) is 17.6 Å². The quantitative estimate of drug-likeness (QED) is 0.738. The fraction of sp³-hybridized carbons (Fsp3) is 0.440. The number of benzene rings is 2. The zero-order chi connectivity index (χ0) is 20.7. The molecule has 4 heteroatoms. The molecule has 4 nitrogen and oxygen atoms in total. The summed E-state index contributed by atoms with van der Waals surface area (Å²) in [4.78, 5) is 2.52. The van der Waals surface area contributed by atoms with Gasteiger partial charge in [0.2, 0.25) is 0 Å². The van der Waals surface area contributed by atoms with Gasteiger partial charge in [-0.2, -0.15) is 0 Å². The molecule has 0 aliphatic carbocycles. The Morgan fingerprint density at radius 3 is 2.69 bits per heavy atom. The van der Waals surface area contributed by atoms with E-state index in [-0.39, 0.29) is 0 Å². The fourth-order valence-corrected chi connectivity index (χ4v) is 3.59. The Hall–Kier alpha value is -2.32. The summed E-state index contributed by atoms with van der Waals surface area (Å²) in [5, 5.41) is 13.4. The van der Waals surface area contributed by atoms with Crippen LogP contribution in [0.3, 0.4) is 0 Å². The molecule has 0 unspecified atom stereocenters. The Bertz CT molecular complexity index is 844. The molecule has 0 aromatic heterocycles. The second kappa shape index (κ2) is 9.93. The van der Waals surface area contributed by atoms with Crippen LogP contribution in [0.15, 0.2) is 48.5 Å². The molecule has 1 fully saturated rings. The van der Waals surface area contributed by atoms with E-state index >= 15 is 0 Å². The van der Waals surface area contributed by atoms with Gasteiger partial charge in [-0.15, -0.1) is 0 Å². The molecule has 3 rings (SSSR count). The Balaban J connectivity index is 1.49. The number of hydrogen-bond acceptors (Lipinski definition) is 4. The second-order valence-electron chi connectivity index (χ2n) is 8.31. The molecule has 154 valence electrons. The molecule has 0 amide bonds. The monoisotopic (exact) mass is 392 g/mol. The van der Waals surface area contributed by atoms with Crippen LogP contribution in [0.4, 0.5) is 0 Å². The van der Waals surface area contributed by atoms with Gasteiger partial charge in [0.05, 0.1) is 7.11 Å². The van der Waals surface area contributed by atoms with E-state index in [1.54, 1.807) is 21.0 Å². The van der Waals surface area contributed by atoms with Crippen molar-refractivity contribution in [3.63, 3.8) is 0 Å². The predicted molar refractivity (Wildman–Crippen MR) is 118 cm³/mol. The van der Waals surface area contributed by atoms with E-state index in [2.05, 4.69) is 52.4 Å². The lowest BCUT2D eigenvalue weighted by Crippen LogP contribution is -2.45. The highest BCUT2D eigenvalue weighted by molar-refractivity contribution is 5.37. The smallest absolute Gasteiger partial charge is 0.120 e. The minimum absolute atomic E-state index is 0.504. The zero-order valence-electron chi connectivity index (χ0n) is 17.7. The Kier molecular flexibility index (Phi) is 7.33. The summed E-state index contributed by atoms with van der Waals surface area (Å²) >= 11 is 0. The van der Waals surface area contributed by atoms with E-state index in [1.807, 2.05) is 18.2 Å². The normalized spacial score (nSPS) is 17.4. The predicted octanol–water partition coefficient (Wildman–Crippen LogP) is 3.57. The van der Waals surface area contributed by atoms with E-state index in [1.165, 1.54) is 24.0 Å². The van der Waals surface area contributed by atoms with E-state index in [4.69, 9.17) is 4.74 Å².